The minimum absolute atomic E-state index is 0.0262. The molecule has 4 atom stereocenters. The summed E-state index contributed by atoms with van der Waals surface area (Å²) in [6, 6.07) is 0. The van der Waals surface area contributed by atoms with E-state index in [4.69, 9.17) is 14.2 Å². The fraction of sp³-hybridized carbons (Fsp3) is 0.688. The third kappa shape index (κ3) is 4.32. The van der Waals surface area contributed by atoms with Crippen molar-refractivity contribution >= 4 is 17.9 Å². The molecule has 0 aromatic rings. The van der Waals surface area contributed by atoms with Crippen LogP contribution in [0.3, 0.4) is 0 Å². The molecule has 0 aromatic heterocycles. The largest absolute Gasteiger partial charge is 0.458 e. The lowest BCUT2D eigenvalue weighted by atomic mass is 9.85. The lowest BCUT2D eigenvalue weighted by Gasteiger charge is -2.24. The molecule has 0 bridgehead atoms. The van der Waals surface area contributed by atoms with Crippen molar-refractivity contribution in [3.05, 3.63) is 12.2 Å². The van der Waals surface area contributed by atoms with Gasteiger partial charge in [0.1, 0.15) is 12.2 Å². The highest BCUT2D eigenvalue weighted by atomic mass is 16.6. The van der Waals surface area contributed by atoms with Crippen LogP contribution in [-0.4, -0.2) is 36.7 Å². The highest BCUT2D eigenvalue weighted by Gasteiger charge is 2.45. The molecule has 0 saturated carbocycles. The van der Waals surface area contributed by atoms with Crippen molar-refractivity contribution in [1.82, 2.24) is 0 Å². The number of cyclic esters (lactones) is 1. The van der Waals surface area contributed by atoms with Crippen LogP contribution in [0.15, 0.2) is 12.2 Å². The van der Waals surface area contributed by atoms with E-state index in [2.05, 4.69) is 6.58 Å². The molecule has 0 aliphatic carbocycles. The molecule has 1 fully saturated rings. The van der Waals surface area contributed by atoms with E-state index in [0.29, 0.717) is 6.42 Å². The number of rotatable bonds is 7. The number of carbonyl (C=O) groups is 3. The van der Waals surface area contributed by atoms with E-state index in [0.717, 1.165) is 6.42 Å². The summed E-state index contributed by atoms with van der Waals surface area (Å²) in [6.07, 6.45) is 0.427. The zero-order valence-corrected chi connectivity index (χ0v) is 13.6. The second kappa shape index (κ2) is 7.96. The van der Waals surface area contributed by atoms with Crippen LogP contribution in [0.2, 0.25) is 0 Å². The standard InChI is InChI=1S/C16H24O6/c1-6-11-12(7-2)16(19)22-14(11)10(5)21-13(17)8-20-15(18)9(3)4/h10-12,14H,3,6-8H2,1-2,4-5H3. The maximum Gasteiger partial charge on any atom is 0.344 e. The average molecular weight is 312 g/mol. The van der Waals surface area contributed by atoms with Gasteiger partial charge in [0.05, 0.1) is 5.92 Å². The number of carbonyl (C=O) groups excluding carboxylic acids is 3. The molecule has 6 nitrogen and oxygen atoms in total. The lowest BCUT2D eigenvalue weighted by molar-refractivity contribution is -0.168. The molecule has 1 saturated heterocycles. The van der Waals surface area contributed by atoms with Gasteiger partial charge in [-0.1, -0.05) is 20.4 Å². The molecule has 0 aromatic carbocycles. The molecule has 0 spiro atoms. The highest BCUT2D eigenvalue weighted by Crippen LogP contribution is 2.35. The fourth-order valence-electron chi connectivity index (χ4n) is 2.70. The zero-order chi connectivity index (χ0) is 16.9. The third-order valence-corrected chi connectivity index (χ3v) is 3.85. The van der Waals surface area contributed by atoms with Gasteiger partial charge in [0.2, 0.25) is 0 Å². The van der Waals surface area contributed by atoms with Gasteiger partial charge in [-0.25, -0.2) is 9.59 Å². The summed E-state index contributed by atoms with van der Waals surface area (Å²) in [5, 5.41) is 0. The smallest absolute Gasteiger partial charge is 0.344 e. The molecule has 0 N–H and O–H groups in total. The van der Waals surface area contributed by atoms with E-state index < -0.39 is 30.8 Å². The Hall–Kier alpha value is -1.85. The molecule has 1 aliphatic rings. The minimum atomic E-state index is -0.673. The third-order valence-electron chi connectivity index (χ3n) is 3.85. The summed E-state index contributed by atoms with van der Waals surface area (Å²) >= 11 is 0. The molecular formula is C16H24O6. The summed E-state index contributed by atoms with van der Waals surface area (Å²) in [4.78, 5) is 34.7. The van der Waals surface area contributed by atoms with Crippen molar-refractivity contribution in [2.24, 2.45) is 11.8 Å². The number of hydrogen-bond acceptors (Lipinski definition) is 6. The zero-order valence-electron chi connectivity index (χ0n) is 13.6. The minimum Gasteiger partial charge on any atom is -0.458 e. The molecule has 0 radical (unpaired) electrons. The topological polar surface area (TPSA) is 78.9 Å². The van der Waals surface area contributed by atoms with Crippen LogP contribution in [0.5, 0.6) is 0 Å². The van der Waals surface area contributed by atoms with Crippen molar-refractivity contribution < 1.29 is 28.6 Å². The second-order valence-electron chi connectivity index (χ2n) is 5.54. The van der Waals surface area contributed by atoms with Crippen molar-refractivity contribution in [2.75, 3.05) is 6.61 Å². The van der Waals surface area contributed by atoms with Crippen LogP contribution in [0.25, 0.3) is 0 Å². The molecule has 1 aliphatic heterocycles. The first kappa shape index (κ1) is 18.2. The molecule has 6 heteroatoms. The maximum atomic E-state index is 11.8. The first-order valence-corrected chi connectivity index (χ1v) is 7.54. The fourth-order valence-corrected chi connectivity index (χ4v) is 2.70. The van der Waals surface area contributed by atoms with Gasteiger partial charge in [-0.2, -0.15) is 0 Å². The van der Waals surface area contributed by atoms with E-state index in [1.807, 2.05) is 13.8 Å². The van der Waals surface area contributed by atoms with Gasteiger partial charge >= 0.3 is 17.9 Å². The predicted octanol–water partition coefficient (Wildman–Crippen LogP) is 2.02. The summed E-state index contributed by atoms with van der Waals surface area (Å²) in [6.45, 7) is 10.0. The normalized spacial score (nSPS) is 25.3. The van der Waals surface area contributed by atoms with Crippen LogP contribution in [0.4, 0.5) is 0 Å². The maximum absolute atomic E-state index is 11.8. The van der Waals surface area contributed by atoms with Gasteiger partial charge in [-0.15, -0.1) is 0 Å². The molecule has 0 amide bonds. The van der Waals surface area contributed by atoms with Gasteiger partial charge in [0, 0.05) is 11.5 Å². The van der Waals surface area contributed by atoms with Crippen molar-refractivity contribution in [3.63, 3.8) is 0 Å². The van der Waals surface area contributed by atoms with Crippen LogP contribution in [-0.2, 0) is 28.6 Å². The Balaban J connectivity index is 2.55. The average Bonchev–Trinajstić information content (AvgIpc) is 2.80. The molecule has 1 rings (SSSR count). The monoisotopic (exact) mass is 312 g/mol. The quantitative estimate of drug-likeness (QED) is 0.406. The summed E-state index contributed by atoms with van der Waals surface area (Å²) < 4.78 is 15.3. The predicted molar refractivity (Wildman–Crippen MR) is 78.8 cm³/mol. The Labute approximate surface area is 130 Å². The van der Waals surface area contributed by atoms with Crippen LogP contribution in [0.1, 0.15) is 40.5 Å². The highest BCUT2D eigenvalue weighted by molar-refractivity contribution is 5.88. The van der Waals surface area contributed by atoms with E-state index in [9.17, 15) is 14.4 Å². The number of ether oxygens (including phenoxy) is 3. The van der Waals surface area contributed by atoms with Gasteiger partial charge in [-0.3, -0.25) is 4.79 Å². The Morgan fingerprint density at radius 1 is 1.32 bits per heavy atom. The molecule has 22 heavy (non-hydrogen) atoms. The first-order valence-electron chi connectivity index (χ1n) is 7.54. The Kier molecular flexibility index (Phi) is 6.59. The van der Waals surface area contributed by atoms with Gasteiger partial charge < -0.3 is 14.2 Å². The molecule has 124 valence electrons. The van der Waals surface area contributed by atoms with Crippen LogP contribution >= 0.6 is 0 Å². The van der Waals surface area contributed by atoms with Gasteiger partial charge in [0.15, 0.2) is 6.61 Å². The summed E-state index contributed by atoms with van der Waals surface area (Å²) in [5.74, 6) is -1.69. The molecule has 1 heterocycles. The van der Waals surface area contributed by atoms with E-state index in [-0.39, 0.29) is 23.4 Å². The van der Waals surface area contributed by atoms with E-state index in [1.54, 1.807) is 6.92 Å². The van der Waals surface area contributed by atoms with Crippen LogP contribution in [0, 0.1) is 11.8 Å². The Morgan fingerprint density at radius 2 is 1.95 bits per heavy atom. The van der Waals surface area contributed by atoms with E-state index >= 15 is 0 Å². The SMILES string of the molecule is C=C(C)C(=O)OCC(=O)OC(C)C1OC(=O)C(CC)C1CC. The number of hydrogen-bond donors (Lipinski definition) is 0. The van der Waals surface area contributed by atoms with Crippen molar-refractivity contribution in [2.45, 2.75) is 52.7 Å². The molecule has 4 unspecified atom stereocenters. The second-order valence-corrected chi connectivity index (χ2v) is 5.54. The summed E-state index contributed by atoms with van der Waals surface area (Å²) in [7, 11) is 0. The van der Waals surface area contributed by atoms with Gasteiger partial charge in [0.25, 0.3) is 0 Å². The van der Waals surface area contributed by atoms with Gasteiger partial charge in [-0.05, 0) is 26.7 Å². The number of esters is 3. The Bertz CT molecular complexity index is 456. The molecular weight excluding hydrogens is 288 g/mol. The summed E-state index contributed by atoms with van der Waals surface area (Å²) in [5.41, 5.74) is 0.211. The van der Waals surface area contributed by atoms with Crippen molar-refractivity contribution in [3.8, 4) is 0 Å². The Morgan fingerprint density at radius 3 is 2.45 bits per heavy atom. The lowest BCUT2D eigenvalue weighted by Crippen LogP contribution is -2.35. The van der Waals surface area contributed by atoms with Crippen molar-refractivity contribution in [1.29, 1.82) is 0 Å². The first-order chi connectivity index (χ1) is 10.3. The van der Waals surface area contributed by atoms with Crippen LogP contribution < -0.4 is 0 Å². The van der Waals surface area contributed by atoms with E-state index in [1.165, 1.54) is 6.92 Å².